The van der Waals surface area contributed by atoms with Crippen molar-refractivity contribution in [1.82, 2.24) is 25.1 Å². The number of Topliss-reactive ketones (excluding diaryl/α,β-unsaturated/α-hetero) is 1. The van der Waals surface area contributed by atoms with Crippen LogP contribution in [0.25, 0.3) is 16.6 Å². The molecule has 0 saturated carbocycles. The molecule has 2 N–H and O–H groups in total. The molecule has 0 fully saturated rings. The summed E-state index contributed by atoms with van der Waals surface area (Å²) in [4.78, 5) is 20.9. The minimum absolute atomic E-state index is 0.0414. The Labute approximate surface area is 185 Å². The average molecular weight is 422 g/mol. The van der Waals surface area contributed by atoms with Crippen molar-refractivity contribution in [3.63, 3.8) is 0 Å². The van der Waals surface area contributed by atoms with Gasteiger partial charge in [0, 0.05) is 28.7 Å². The first kappa shape index (κ1) is 19.9. The number of ketones is 1. The van der Waals surface area contributed by atoms with Gasteiger partial charge in [0.1, 0.15) is 12.7 Å². The molecular weight excluding hydrogens is 398 g/mol. The maximum absolute atomic E-state index is 13.7. The van der Waals surface area contributed by atoms with Crippen LogP contribution in [0.2, 0.25) is 0 Å². The molecular formula is C26H23N5O. The number of aromatic amines is 1. The monoisotopic (exact) mass is 421 g/mol. The quantitative estimate of drug-likeness (QED) is 0.362. The molecule has 3 aromatic carbocycles. The highest BCUT2D eigenvalue weighted by atomic mass is 16.1. The fourth-order valence-corrected chi connectivity index (χ4v) is 4.00. The van der Waals surface area contributed by atoms with Gasteiger partial charge in [-0.3, -0.25) is 10.1 Å². The van der Waals surface area contributed by atoms with Crippen LogP contribution in [0.4, 0.5) is 0 Å². The summed E-state index contributed by atoms with van der Waals surface area (Å²) in [6, 6.07) is 25.3. The first-order chi connectivity index (χ1) is 15.7. The summed E-state index contributed by atoms with van der Waals surface area (Å²) in [5, 5.41) is 8.66. The Morgan fingerprint density at radius 1 is 0.938 bits per heavy atom. The smallest absolute Gasteiger partial charge is 0.186 e. The van der Waals surface area contributed by atoms with Gasteiger partial charge in [-0.15, -0.1) is 0 Å². The molecule has 2 heterocycles. The third-order valence-electron chi connectivity index (χ3n) is 5.74. The van der Waals surface area contributed by atoms with Gasteiger partial charge in [0.2, 0.25) is 0 Å². The zero-order valence-corrected chi connectivity index (χ0v) is 17.6. The molecule has 0 bridgehead atoms. The molecule has 0 radical (unpaired) electrons. The van der Waals surface area contributed by atoms with E-state index in [0.29, 0.717) is 5.56 Å². The summed E-state index contributed by atoms with van der Waals surface area (Å²) in [5.74, 6) is 0.0414. The van der Waals surface area contributed by atoms with Crippen LogP contribution in [0.3, 0.4) is 0 Å². The van der Waals surface area contributed by atoms with Crippen LogP contribution >= 0.6 is 0 Å². The number of nitrogens with zero attached hydrogens (tertiary/aromatic N) is 3. The van der Waals surface area contributed by atoms with Gasteiger partial charge in [-0.25, -0.2) is 9.67 Å². The minimum atomic E-state index is -0.472. The molecule has 32 heavy (non-hydrogen) atoms. The number of carbonyl (C=O) groups excluding carboxylic acids is 1. The Morgan fingerprint density at radius 2 is 1.69 bits per heavy atom. The van der Waals surface area contributed by atoms with Crippen LogP contribution in [-0.4, -0.2) is 25.5 Å². The third-order valence-corrected chi connectivity index (χ3v) is 5.74. The van der Waals surface area contributed by atoms with Gasteiger partial charge in [0.05, 0.1) is 11.7 Å². The highest BCUT2D eigenvalue weighted by Crippen LogP contribution is 2.27. The van der Waals surface area contributed by atoms with E-state index in [1.807, 2.05) is 85.1 Å². The van der Waals surface area contributed by atoms with Crippen LogP contribution in [-0.2, 0) is 0 Å². The number of carbonyl (C=O) groups is 1. The van der Waals surface area contributed by atoms with E-state index in [2.05, 4.69) is 27.3 Å². The number of hydrogen-bond acceptors (Lipinski definition) is 4. The van der Waals surface area contributed by atoms with Crippen LogP contribution in [0.1, 0.15) is 40.5 Å². The number of hydrogen-bond donors (Lipinski definition) is 2. The summed E-state index contributed by atoms with van der Waals surface area (Å²) in [5.41, 5.74) is 4.61. The fraction of sp³-hybridized carbons (Fsp3) is 0.115. The molecule has 158 valence electrons. The maximum Gasteiger partial charge on any atom is 0.186 e. The zero-order valence-electron chi connectivity index (χ0n) is 17.6. The van der Waals surface area contributed by atoms with Gasteiger partial charge >= 0.3 is 0 Å². The van der Waals surface area contributed by atoms with Gasteiger partial charge in [-0.1, -0.05) is 60.7 Å². The van der Waals surface area contributed by atoms with Crippen molar-refractivity contribution >= 4 is 16.7 Å². The van der Waals surface area contributed by atoms with Crippen molar-refractivity contribution in [2.45, 2.75) is 19.0 Å². The molecule has 6 nitrogen and oxygen atoms in total. The van der Waals surface area contributed by atoms with Crippen molar-refractivity contribution in [2.75, 3.05) is 0 Å². The number of nitrogens with one attached hydrogen (secondary N) is 2. The molecule has 5 rings (SSSR count). The van der Waals surface area contributed by atoms with Crippen molar-refractivity contribution < 1.29 is 4.79 Å². The highest BCUT2D eigenvalue weighted by Gasteiger charge is 2.26. The predicted molar refractivity (Wildman–Crippen MR) is 125 cm³/mol. The van der Waals surface area contributed by atoms with Crippen molar-refractivity contribution in [1.29, 1.82) is 0 Å². The van der Waals surface area contributed by atoms with Gasteiger partial charge in [0.25, 0.3) is 0 Å². The summed E-state index contributed by atoms with van der Waals surface area (Å²) >= 11 is 0. The predicted octanol–water partition coefficient (Wildman–Crippen LogP) is 5.02. The molecule has 2 aromatic heterocycles. The average Bonchev–Trinajstić information content (AvgIpc) is 3.53. The first-order valence-corrected chi connectivity index (χ1v) is 10.6. The zero-order chi connectivity index (χ0) is 21.9. The largest absolute Gasteiger partial charge is 0.360 e. The third kappa shape index (κ3) is 3.84. The van der Waals surface area contributed by atoms with E-state index >= 15 is 0 Å². The second-order valence-corrected chi connectivity index (χ2v) is 7.78. The second-order valence-electron chi connectivity index (χ2n) is 7.78. The highest BCUT2D eigenvalue weighted by molar-refractivity contribution is 6.10. The second kappa shape index (κ2) is 8.61. The van der Waals surface area contributed by atoms with Crippen LogP contribution in [0, 0.1) is 0 Å². The maximum atomic E-state index is 13.7. The van der Waals surface area contributed by atoms with E-state index < -0.39 is 6.04 Å². The number of para-hydroxylation sites is 1. The van der Waals surface area contributed by atoms with E-state index in [4.69, 9.17) is 0 Å². The lowest BCUT2D eigenvalue weighted by Crippen LogP contribution is -2.31. The lowest BCUT2D eigenvalue weighted by atomic mass is 9.95. The summed E-state index contributed by atoms with van der Waals surface area (Å²) < 4.78 is 1.72. The molecule has 2 atom stereocenters. The Hall–Kier alpha value is -4.03. The molecule has 6 heteroatoms. The standard InChI is InChI=1S/C26H23N5O/c1-18(19-11-13-21(14-12-19)31-17-27-16-29-31)30-25(20-7-3-2-4-8-20)26(32)23-15-28-24-10-6-5-9-22(23)24/h2-18,25,28,30H,1H3/t18-,25+/m1/s1. The van der Waals surface area contributed by atoms with Crippen LogP contribution in [0.15, 0.2) is 97.7 Å². The van der Waals surface area contributed by atoms with E-state index in [1.54, 1.807) is 11.0 Å². The topological polar surface area (TPSA) is 75.6 Å². The molecule has 0 amide bonds. The van der Waals surface area contributed by atoms with Gasteiger partial charge in [-0.05, 0) is 36.2 Å². The van der Waals surface area contributed by atoms with Crippen molar-refractivity contribution in [2.24, 2.45) is 0 Å². The molecule has 5 aromatic rings. The molecule has 0 aliphatic rings. The molecule has 0 unspecified atom stereocenters. The summed E-state index contributed by atoms with van der Waals surface area (Å²) in [6.07, 6.45) is 4.99. The van der Waals surface area contributed by atoms with Crippen LogP contribution in [0.5, 0.6) is 0 Å². The van der Waals surface area contributed by atoms with E-state index in [9.17, 15) is 4.79 Å². The number of fused-ring (bicyclic) bond motifs is 1. The van der Waals surface area contributed by atoms with Crippen LogP contribution < -0.4 is 5.32 Å². The number of aromatic nitrogens is 4. The normalized spacial score (nSPS) is 13.2. The van der Waals surface area contributed by atoms with Gasteiger partial charge < -0.3 is 4.98 Å². The Kier molecular flexibility index (Phi) is 5.35. The number of benzene rings is 3. The SMILES string of the molecule is C[C@@H](N[C@H](C(=O)c1c[nH]c2ccccc12)c1ccccc1)c1ccc(-n2cncn2)cc1. The van der Waals surface area contributed by atoms with Crippen molar-refractivity contribution in [3.8, 4) is 5.69 Å². The summed E-state index contributed by atoms with van der Waals surface area (Å²) in [6.45, 7) is 2.07. The Bertz CT molecular complexity index is 1320. The van der Waals surface area contributed by atoms with Gasteiger partial charge in [0.15, 0.2) is 5.78 Å². The van der Waals surface area contributed by atoms with Crippen molar-refractivity contribution in [3.05, 3.63) is 114 Å². The van der Waals surface area contributed by atoms with E-state index in [0.717, 1.165) is 27.7 Å². The van der Waals surface area contributed by atoms with E-state index in [-0.39, 0.29) is 11.8 Å². The molecule has 0 spiro atoms. The number of rotatable bonds is 7. The summed E-state index contributed by atoms with van der Waals surface area (Å²) in [7, 11) is 0. The molecule has 0 aliphatic carbocycles. The Morgan fingerprint density at radius 3 is 2.44 bits per heavy atom. The lowest BCUT2D eigenvalue weighted by molar-refractivity contribution is 0.0938. The first-order valence-electron chi connectivity index (χ1n) is 10.6. The molecule has 0 saturated heterocycles. The Balaban J connectivity index is 1.44. The fourth-order valence-electron chi connectivity index (χ4n) is 4.00. The molecule has 0 aliphatic heterocycles. The minimum Gasteiger partial charge on any atom is -0.360 e. The number of H-pyrrole nitrogens is 1. The van der Waals surface area contributed by atoms with Gasteiger partial charge in [-0.2, -0.15) is 5.10 Å². The lowest BCUT2D eigenvalue weighted by Gasteiger charge is -2.23. The van der Waals surface area contributed by atoms with E-state index in [1.165, 1.54) is 6.33 Å².